The summed E-state index contributed by atoms with van der Waals surface area (Å²) in [6.45, 7) is 2.80. The first-order chi connectivity index (χ1) is 10.1. The van der Waals surface area contributed by atoms with E-state index in [0.29, 0.717) is 6.54 Å². The molecule has 0 fully saturated rings. The van der Waals surface area contributed by atoms with Gasteiger partial charge in [0.1, 0.15) is 11.5 Å². The van der Waals surface area contributed by atoms with Crippen molar-refractivity contribution in [2.24, 2.45) is 0 Å². The Labute approximate surface area is 130 Å². The number of ether oxygens (including phenoxy) is 2. The van der Waals surface area contributed by atoms with E-state index in [2.05, 4.69) is 12.2 Å². The number of hydrogen-bond donors (Lipinski definition) is 1. The molecule has 2 rings (SSSR count). The Balaban J connectivity index is 2.07. The van der Waals surface area contributed by atoms with Crippen LogP contribution >= 0.6 is 11.6 Å². The highest BCUT2D eigenvalue weighted by Gasteiger charge is 2.09. The third kappa shape index (κ3) is 4.13. The zero-order valence-electron chi connectivity index (χ0n) is 12.5. The van der Waals surface area contributed by atoms with Gasteiger partial charge in [-0.3, -0.25) is 0 Å². The second-order valence-corrected chi connectivity index (χ2v) is 5.25. The molecule has 0 aliphatic rings. The molecule has 0 unspecified atom stereocenters. The van der Waals surface area contributed by atoms with Crippen LogP contribution in [-0.4, -0.2) is 14.2 Å². The molecule has 2 aromatic carbocycles. The molecule has 0 amide bonds. The smallest absolute Gasteiger partial charge is 0.122 e. The quantitative estimate of drug-likeness (QED) is 0.867. The van der Waals surface area contributed by atoms with E-state index in [1.165, 1.54) is 0 Å². The van der Waals surface area contributed by atoms with Crippen LogP contribution in [0.4, 0.5) is 0 Å². The number of benzene rings is 2. The Hall–Kier alpha value is -1.71. The molecule has 0 aliphatic carbocycles. The Morgan fingerprint density at radius 3 is 2.24 bits per heavy atom. The molecule has 0 aliphatic heterocycles. The molecule has 0 heterocycles. The van der Waals surface area contributed by atoms with Crippen LogP contribution < -0.4 is 14.8 Å². The summed E-state index contributed by atoms with van der Waals surface area (Å²) in [7, 11) is 3.30. The number of nitrogens with one attached hydrogen (secondary N) is 1. The molecule has 21 heavy (non-hydrogen) atoms. The SMILES string of the molecule is COc1cc(CN[C@@H](C)c2ccccc2Cl)cc(OC)c1. The van der Waals surface area contributed by atoms with Crippen LogP contribution in [0.3, 0.4) is 0 Å². The highest BCUT2D eigenvalue weighted by Crippen LogP contribution is 2.25. The maximum absolute atomic E-state index is 6.22. The maximum Gasteiger partial charge on any atom is 0.122 e. The average molecular weight is 306 g/mol. The normalized spacial score (nSPS) is 12.0. The zero-order valence-corrected chi connectivity index (χ0v) is 13.3. The molecule has 0 saturated heterocycles. The minimum Gasteiger partial charge on any atom is -0.497 e. The summed E-state index contributed by atoms with van der Waals surface area (Å²) in [6, 6.07) is 13.9. The summed E-state index contributed by atoms with van der Waals surface area (Å²) in [5, 5.41) is 4.24. The van der Waals surface area contributed by atoms with Gasteiger partial charge in [0.15, 0.2) is 0 Å². The summed E-state index contributed by atoms with van der Waals surface area (Å²) < 4.78 is 10.6. The van der Waals surface area contributed by atoms with Crippen LogP contribution in [0, 0.1) is 0 Å². The van der Waals surface area contributed by atoms with E-state index < -0.39 is 0 Å². The standard InChI is InChI=1S/C17H20ClNO2/c1-12(16-6-4-5-7-17(16)18)19-11-13-8-14(20-2)10-15(9-13)21-3/h4-10,12,19H,11H2,1-3H3/t12-/m0/s1. The fourth-order valence-corrected chi connectivity index (χ4v) is 2.47. The van der Waals surface area contributed by atoms with Gasteiger partial charge in [0.2, 0.25) is 0 Å². The van der Waals surface area contributed by atoms with E-state index in [-0.39, 0.29) is 6.04 Å². The van der Waals surface area contributed by atoms with Crippen molar-refractivity contribution in [3.63, 3.8) is 0 Å². The van der Waals surface area contributed by atoms with Crippen molar-refractivity contribution in [3.8, 4) is 11.5 Å². The summed E-state index contributed by atoms with van der Waals surface area (Å²) in [6.07, 6.45) is 0. The zero-order chi connectivity index (χ0) is 15.2. The lowest BCUT2D eigenvalue weighted by molar-refractivity contribution is 0.392. The summed E-state index contributed by atoms with van der Waals surface area (Å²) in [5.74, 6) is 1.58. The second-order valence-electron chi connectivity index (χ2n) is 4.85. The van der Waals surface area contributed by atoms with Gasteiger partial charge in [-0.2, -0.15) is 0 Å². The number of methoxy groups -OCH3 is 2. The average Bonchev–Trinajstić information content (AvgIpc) is 2.52. The van der Waals surface area contributed by atoms with Crippen molar-refractivity contribution in [1.82, 2.24) is 5.32 Å². The lowest BCUT2D eigenvalue weighted by Crippen LogP contribution is -2.18. The monoisotopic (exact) mass is 305 g/mol. The van der Waals surface area contributed by atoms with Gasteiger partial charge in [-0.05, 0) is 36.2 Å². The first kappa shape index (κ1) is 15.7. The van der Waals surface area contributed by atoms with E-state index in [4.69, 9.17) is 21.1 Å². The Morgan fingerprint density at radius 1 is 1.05 bits per heavy atom. The van der Waals surface area contributed by atoms with Crippen molar-refractivity contribution in [2.75, 3.05) is 14.2 Å². The molecule has 0 aromatic heterocycles. The highest BCUT2D eigenvalue weighted by atomic mass is 35.5. The largest absolute Gasteiger partial charge is 0.497 e. The van der Waals surface area contributed by atoms with Gasteiger partial charge in [-0.25, -0.2) is 0 Å². The molecule has 0 bridgehead atoms. The molecule has 0 spiro atoms. The molecule has 1 N–H and O–H groups in total. The van der Waals surface area contributed by atoms with Gasteiger partial charge >= 0.3 is 0 Å². The number of rotatable bonds is 6. The number of hydrogen-bond acceptors (Lipinski definition) is 3. The van der Waals surface area contributed by atoms with E-state index in [0.717, 1.165) is 27.6 Å². The van der Waals surface area contributed by atoms with Gasteiger partial charge in [0.25, 0.3) is 0 Å². The Kier molecular flexibility index (Phi) is 5.48. The molecule has 1 atom stereocenters. The van der Waals surface area contributed by atoms with E-state index >= 15 is 0 Å². The van der Waals surface area contributed by atoms with E-state index in [1.54, 1.807) is 14.2 Å². The molecular formula is C17H20ClNO2. The van der Waals surface area contributed by atoms with Crippen molar-refractivity contribution in [2.45, 2.75) is 19.5 Å². The molecule has 0 radical (unpaired) electrons. The predicted molar refractivity (Wildman–Crippen MR) is 86.3 cm³/mol. The first-order valence-corrected chi connectivity index (χ1v) is 7.21. The van der Waals surface area contributed by atoms with Crippen molar-refractivity contribution in [3.05, 3.63) is 58.6 Å². The Morgan fingerprint density at radius 2 is 1.67 bits per heavy atom. The van der Waals surface area contributed by atoms with Gasteiger partial charge in [0.05, 0.1) is 14.2 Å². The lowest BCUT2D eigenvalue weighted by atomic mass is 10.1. The van der Waals surface area contributed by atoms with Crippen LogP contribution in [0.2, 0.25) is 5.02 Å². The van der Waals surface area contributed by atoms with Crippen LogP contribution in [0.25, 0.3) is 0 Å². The fourth-order valence-electron chi connectivity index (χ4n) is 2.18. The topological polar surface area (TPSA) is 30.5 Å². The molecule has 2 aromatic rings. The fraction of sp³-hybridized carbons (Fsp3) is 0.294. The van der Waals surface area contributed by atoms with Crippen LogP contribution in [0.5, 0.6) is 11.5 Å². The van der Waals surface area contributed by atoms with E-state index in [1.807, 2.05) is 42.5 Å². The highest BCUT2D eigenvalue weighted by molar-refractivity contribution is 6.31. The molecular weight excluding hydrogens is 286 g/mol. The summed E-state index contributed by atoms with van der Waals surface area (Å²) >= 11 is 6.22. The molecule has 0 saturated carbocycles. The van der Waals surface area contributed by atoms with Crippen molar-refractivity contribution in [1.29, 1.82) is 0 Å². The molecule has 4 heteroatoms. The predicted octanol–water partition coefficient (Wildman–Crippen LogP) is 4.21. The lowest BCUT2D eigenvalue weighted by Gasteiger charge is -2.16. The summed E-state index contributed by atoms with van der Waals surface area (Å²) in [5.41, 5.74) is 2.19. The van der Waals surface area contributed by atoms with Gasteiger partial charge in [-0.1, -0.05) is 29.8 Å². The van der Waals surface area contributed by atoms with E-state index in [9.17, 15) is 0 Å². The van der Waals surface area contributed by atoms with Crippen LogP contribution in [-0.2, 0) is 6.54 Å². The van der Waals surface area contributed by atoms with Gasteiger partial charge < -0.3 is 14.8 Å². The molecule has 112 valence electrons. The van der Waals surface area contributed by atoms with Crippen LogP contribution in [0.15, 0.2) is 42.5 Å². The maximum atomic E-state index is 6.22. The van der Waals surface area contributed by atoms with Crippen molar-refractivity contribution < 1.29 is 9.47 Å². The summed E-state index contributed by atoms with van der Waals surface area (Å²) in [4.78, 5) is 0. The second kappa shape index (κ2) is 7.34. The van der Waals surface area contributed by atoms with Gasteiger partial charge in [-0.15, -0.1) is 0 Å². The van der Waals surface area contributed by atoms with Gasteiger partial charge in [0, 0.05) is 23.7 Å². The minimum atomic E-state index is 0.163. The van der Waals surface area contributed by atoms with Crippen molar-refractivity contribution >= 4 is 11.6 Å². The third-order valence-electron chi connectivity index (χ3n) is 3.40. The number of halogens is 1. The third-order valence-corrected chi connectivity index (χ3v) is 3.74. The first-order valence-electron chi connectivity index (χ1n) is 6.83. The van der Waals surface area contributed by atoms with Crippen LogP contribution in [0.1, 0.15) is 24.1 Å². The molecule has 3 nitrogen and oxygen atoms in total. The minimum absolute atomic E-state index is 0.163. The Bertz CT molecular complexity index is 579.